The maximum atomic E-state index is 12.9. The minimum atomic E-state index is -0.261. The van der Waals surface area contributed by atoms with Gasteiger partial charge in [-0.1, -0.05) is 12.1 Å². The summed E-state index contributed by atoms with van der Waals surface area (Å²) in [6.45, 7) is 2.10. The molecular formula is C19H22FN3O. The van der Waals surface area contributed by atoms with E-state index >= 15 is 0 Å². The fraction of sp³-hybridized carbons (Fsp3) is 0.368. The smallest absolute Gasteiger partial charge is 0.224 e. The lowest BCUT2D eigenvalue weighted by atomic mass is 10.1. The third-order valence-corrected chi connectivity index (χ3v) is 4.27. The molecule has 24 heavy (non-hydrogen) atoms. The van der Waals surface area contributed by atoms with Crippen LogP contribution in [0.5, 0.6) is 0 Å². The topological polar surface area (TPSA) is 45.2 Å². The Morgan fingerprint density at radius 2 is 1.83 bits per heavy atom. The summed E-state index contributed by atoms with van der Waals surface area (Å²) in [5, 5.41) is 2.86. The molecule has 1 aromatic carbocycles. The summed E-state index contributed by atoms with van der Waals surface area (Å²) in [7, 11) is 0. The van der Waals surface area contributed by atoms with Crippen LogP contribution >= 0.6 is 0 Å². The molecule has 1 saturated heterocycles. The molecule has 0 atom stereocenters. The van der Waals surface area contributed by atoms with Gasteiger partial charge in [0.15, 0.2) is 0 Å². The van der Waals surface area contributed by atoms with E-state index in [0.29, 0.717) is 18.5 Å². The Kier molecular flexibility index (Phi) is 5.41. The van der Waals surface area contributed by atoms with Crippen molar-refractivity contribution < 1.29 is 9.18 Å². The number of carbonyl (C=O) groups is 1. The van der Waals surface area contributed by atoms with E-state index in [1.807, 2.05) is 12.1 Å². The number of hydrogen-bond acceptors (Lipinski definition) is 3. The van der Waals surface area contributed by atoms with Crippen LogP contribution in [0.15, 0.2) is 42.6 Å². The molecule has 1 aliphatic rings. The second kappa shape index (κ2) is 7.90. The highest BCUT2D eigenvalue weighted by atomic mass is 19.1. The fourth-order valence-electron chi connectivity index (χ4n) is 2.90. The van der Waals surface area contributed by atoms with E-state index < -0.39 is 0 Å². The molecule has 0 saturated carbocycles. The molecule has 0 unspecified atom stereocenters. The summed E-state index contributed by atoms with van der Waals surface area (Å²) in [6.07, 6.45) is 6.37. The van der Waals surface area contributed by atoms with Crippen molar-refractivity contribution in [3.8, 4) is 0 Å². The Labute approximate surface area is 141 Å². The lowest BCUT2D eigenvalue weighted by Crippen LogP contribution is -2.30. The van der Waals surface area contributed by atoms with Gasteiger partial charge < -0.3 is 10.2 Å². The zero-order chi connectivity index (χ0) is 16.8. The third kappa shape index (κ3) is 4.54. The van der Waals surface area contributed by atoms with Crippen LogP contribution in [0.25, 0.3) is 0 Å². The van der Waals surface area contributed by atoms with E-state index in [0.717, 1.165) is 24.5 Å². The predicted octanol–water partition coefficient (Wildman–Crippen LogP) is 3.78. The average Bonchev–Trinajstić information content (AvgIpc) is 2.63. The van der Waals surface area contributed by atoms with Crippen molar-refractivity contribution in [2.75, 3.05) is 23.3 Å². The Bertz CT molecular complexity index is 664. The summed E-state index contributed by atoms with van der Waals surface area (Å²) in [5.41, 5.74) is 1.66. The molecule has 0 radical (unpaired) electrons. The van der Waals surface area contributed by atoms with Crippen molar-refractivity contribution in [2.45, 2.75) is 32.1 Å². The molecule has 4 nitrogen and oxygen atoms in total. The van der Waals surface area contributed by atoms with Crippen LogP contribution in [0.4, 0.5) is 15.9 Å². The molecule has 0 spiro atoms. The maximum Gasteiger partial charge on any atom is 0.224 e. The highest BCUT2D eigenvalue weighted by molar-refractivity contribution is 5.90. The van der Waals surface area contributed by atoms with Crippen LogP contribution in [-0.2, 0) is 11.2 Å². The number of aryl methyl sites for hydroxylation is 1. The number of halogens is 1. The van der Waals surface area contributed by atoms with Crippen molar-refractivity contribution in [3.05, 3.63) is 54.0 Å². The number of pyridine rings is 1. The second-order valence-electron chi connectivity index (χ2n) is 6.13. The SMILES string of the molecule is O=C(CCc1ccc(F)cc1)Nc1ccc(N2CCCCC2)nc1. The minimum absolute atomic E-state index is 0.0631. The van der Waals surface area contributed by atoms with Crippen molar-refractivity contribution in [1.82, 2.24) is 4.98 Å². The molecule has 2 aromatic rings. The molecule has 1 aromatic heterocycles. The summed E-state index contributed by atoms with van der Waals surface area (Å²) < 4.78 is 12.9. The zero-order valence-corrected chi connectivity index (χ0v) is 13.7. The van der Waals surface area contributed by atoms with E-state index in [-0.39, 0.29) is 11.7 Å². The van der Waals surface area contributed by atoms with Crippen LogP contribution in [0.2, 0.25) is 0 Å². The van der Waals surface area contributed by atoms with E-state index in [4.69, 9.17) is 0 Å². The van der Waals surface area contributed by atoms with Gasteiger partial charge >= 0.3 is 0 Å². The first kappa shape index (κ1) is 16.4. The van der Waals surface area contributed by atoms with Crippen LogP contribution < -0.4 is 10.2 Å². The summed E-state index contributed by atoms with van der Waals surface area (Å²) in [6, 6.07) is 10.1. The van der Waals surface area contributed by atoms with Gasteiger partial charge in [0.05, 0.1) is 11.9 Å². The third-order valence-electron chi connectivity index (χ3n) is 4.27. The molecule has 1 amide bonds. The quantitative estimate of drug-likeness (QED) is 0.909. The molecule has 1 fully saturated rings. The number of anilines is 2. The Hall–Kier alpha value is -2.43. The summed E-state index contributed by atoms with van der Waals surface area (Å²) in [4.78, 5) is 18.8. The van der Waals surface area contributed by atoms with Gasteiger partial charge in [-0.05, 0) is 55.5 Å². The molecule has 2 heterocycles. The monoisotopic (exact) mass is 327 g/mol. The van der Waals surface area contributed by atoms with Gasteiger partial charge in [0, 0.05) is 19.5 Å². The van der Waals surface area contributed by atoms with E-state index in [9.17, 15) is 9.18 Å². The van der Waals surface area contributed by atoms with E-state index in [1.165, 1.54) is 31.4 Å². The van der Waals surface area contributed by atoms with Gasteiger partial charge in [-0.25, -0.2) is 9.37 Å². The molecule has 1 aliphatic heterocycles. The highest BCUT2D eigenvalue weighted by Gasteiger charge is 2.12. The van der Waals surface area contributed by atoms with Crippen LogP contribution in [-0.4, -0.2) is 24.0 Å². The molecular weight excluding hydrogens is 305 g/mol. The average molecular weight is 327 g/mol. The van der Waals surface area contributed by atoms with Crippen LogP contribution in [0, 0.1) is 5.82 Å². The lowest BCUT2D eigenvalue weighted by molar-refractivity contribution is -0.116. The Morgan fingerprint density at radius 3 is 2.50 bits per heavy atom. The number of hydrogen-bond donors (Lipinski definition) is 1. The van der Waals surface area contributed by atoms with Crippen LogP contribution in [0.1, 0.15) is 31.2 Å². The van der Waals surface area contributed by atoms with Gasteiger partial charge in [0.1, 0.15) is 11.6 Å². The fourth-order valence-corrected chi connectivity index (χ4v) is 2.90. The summed E-state index contributed by atoms with van der Waals surface area (Å²) >= 11 is 0. The number of aromatic nitrogens is 1. The number of nitrogens with one attached hydrogen (secondary N) is 1. The predicted molar refractivity (Wildman–Crippen MR) is 93.7 cm³/mol. The zero-order valence-electron chi connectivity index (χ0n) is 13.7. The molecule has 1 N–H and O–H groups in total. The molecule has 5 heteroatoms. The second-order valence-corrected chi connectivity index (χ2v) is 6.13. The standard InChI is InChI=1S/C19H22FN3O/c20-16-7-4-15(5-8-16)6-11-19(24)22-17-9-10-18(21-14-17)23-12-2-1-3-13-23/h4-5,7-10,14H,1-3,6,11-13H2,(H,22,24). The molecule has 0 bridgehead atoms. The van der Waals surface area contributed by atoms with Crippen molar-refractivity contribution >= 4 is 17.4 Å². The van der Waals surface area contributed by atoms with Crippen molar-refractivity contribution in [2.24, 2.45) is 0 Å². The number of rotatable bonds is 5. The van der Waals surface area contributed by atoms with Gasteiger partial charge in [-0.2, -0.15) is 0 Å². The van der Waals surface area contributed by atoms with E-state index in [2.05, 4.69) is 15.2 Å². The van der Waals surface area contributed by atoms with Gasteiger partial charge in [0.25, 0.3) is 0 Å². The number of nitrogens with zero attached hydrogens (tertiary/aromatic N) is 2. The lowest BCUT2D eigenvalue weighted by Gasteiger charge is -2.27. The van der Waals surface area contributed by atoms with Gasteiger partial charge in [-0.15, -0.1) is 0 Å². The first-order valence-corrected chi connectivity index (χ1v) is 8.46. The van der Waals surface area contributed by atoms with Gasteiger partial charge in [0.2, 0.25) is 5.91 Å². The van der Waals surface area contributed by atoms with Crippen LogP contribution in [0.3, 0.4) is 0 Å². The number of benzene rings is 1. The number of piperidine rings is 1. The van der Waals surface area contributed by atoms with Crippen molar-refractivity contribution in [1.29, 1.82) is 0 Å². The molecule has 126 valence electrons. The molecule has 0 aliphatic carbocycles. The van der Waals surface area contributed by atoms with Gasteiger partial charge in [-0.3, -0.25) is 4.79 Å². The number of carbonyl (C=O) groups excluding carboxylic acids is 1. The minimum Gasteiger partial charge on any atom is -0.357 e. The Balaban J connectivity index is 1.49. The Morgan fingerprint density at radius 1 is 1.08 bits per heavy atom. The summed E-state index contributed by atoms with van der Waals surface area (Å²) in [5.74, 6) is 0.647. The first-order valence-electron chi connectivity index (χ1n) is 8.46. The van der Waals surface area contributed by atoms with Crippen molar-refractivity contribution in [3.63, 3.8) is 0 Å². The van der Waals surface area contributed by atoms with E-state index in [1.54, 1.807) is 18.3 Å². The number of amides is 1. The maximum absolute atomic E-state index is 12.9. The largest absolute Gasteiger partial charge is 0.357 e. The highest BCUT2D eigenvalue weighted by Crippen LogP contribution is 2.19. The normalized spacial score (nSPS) is 14.5. The molecule has 3 rings (SSSR count). The first-order chi connectivity index (χ1) is 11.7.